The zero-order valence-corrected chi connectivity index (χ0v) is 7.46. The monoisotopic (exact) mass is 194 g/mol. The fourth-order valence-corrected chi connectivity index (χ4v) is 1.80. The molecule has 1 saturated carbocycles. The standard InChI is InChI=1S/C10H9FN2O.H2/c11-6-1-4-9-8(5-6)12-10(14)13(9)7-2-3-7;/h1,4-5,7H,2-3H2,(H,12,14);1H. The normalized spacial score (nSPS) is 16.4. The Morgan fingerprint density at radius 2 is 2.29 bits per heavy atom. The maximum atomic E-state index is 12.9. The summed E-state index contributed by atoms with van der Waals surface area (Å²) in [5.74, 6) is -0.318. The van der Waals surface area contributed by atoms with Crippen LogP contribution in [-0.4, -0.2) is 9.55 Å². The number of benzene rings is 1. The zero-order chi connectivity index (χ0) is 9.71. The Morgan fingerprint density at radius 3 is 3.00 bits per heavy atom. The fraction of sp³-hybridized carbons (Fsp3) is 0.300. The van der Waals surface area contributed by atoms with Crippen molar-refractivity contribution in [2.45, 2.75) is 18.9 Å². The Kier molecular flexibility index (Phi) is 1.37. The number of H-pyrrole nitrogens is 1. The van der Waals surface area contributed by atoms with E-state index in [1.165, 1.54) is 12.1 Å². The van der Waals surface area contributed by atoms with Crippen molar-refractivity contribution in [1.29, 1.82) is 0 Å². The molecule has 3 rings (SSSR count). The SMILES string of the molecule is O=c1[nH]c2cc(F)ccc2n1C1CC1.[HH]. The summed E-state index contributed by atoms with van der Waals surface area (Å²) in [7, 11) is 0. The van der Waals surface area contributed by atoms with Crippen LogP contribution < -0.4 is 5.69 Å². The van der Waals surface area contributed by atoms with Crippen LogP contribution in [0.4, 0.5) is 4.39 Å². The predicted molar refractivity (Wildman–Crippen MR) is 52.9 cm³/mol. The summed E-state index contributed by atoms with van der Waals surface area (Å²) in [6, 6.07) is 4.71. The molecule has 1 heterocycles. The van der Waals surface area contributed by atoms with Gasteiger partial charge in [0.15, 0.2) is 0 Å². The van der Waals surface area contributed by atoms with Crippen molar-refractivity contribution < 1.29 is 5.82 Å². The summed E-state index contributed by atoms with van der Waals surface area (Å²) in [5, 5.41) is 0. The van der Waals surface area contributed by atoms with E-state index in [0.717, 1.165) is 18.4 Å². The lowest BCUT2D eigenvalue weighted by atomic mass is 10.3. The fourth-order valence-electron chi connectivity index (χ4n) is 1.80. The minimum Gasteiger partial charge on any atom is -0.305 e. The number of imidazole rings is 1. The molecule has 0 spiro atoms. The molecule has 0 radical (unpaired) electrons. The highest BCUT2D eigenvalue weighted by molar-refractivity contribution is 5.75. The van der Waals surface area contributed by atoms with Crippen molar-refractivity contribution in [3.05, 3.63) is 34.5 Å². The van der Waals surface area contributed by atoms with Gasteiger partial charge in [0.2, 0.25) is 0 Å². The average molecular weight is 194 g/mol. The van der Waals surface area contributed by atoms with Crippen molar-refractivity contribution >= 4 is 11.0 Å². The number of aromatic amines is 1. The molecule has 74 valence electrons. The number of halogens is 1. The second-order valence-corrected chi connectivity index (χ2v) is 3.69. The van der Waals surface area contributed by atoms with E-state index in [9.17, 15) is 9.18 Å². The Hall–Kier alpha value is -1.58. The molecule has 0 amide bonds. The Bertz CT molecular complexity index is 556. The third-order valence-corrected chi connectivity index (χ3v) is 2.59. The molecule has 1 aromatic heterocycles. The number of rotatable bonds is 1. The highest BCUT2D eigenvalue weighted by atomic mass is 19.1. The molecule has 0 atom stereocenters. The number of hydrogen-bond acceptors (Lipinski definition) is 1. The molecule has 14 heavy (non-hydrogen) atoms. The van der Waals surface area contributed by atoms with E-state index in [1.807, 2.05) is 0 Å². The second kappa shape index (κ2) is 2.47. The lowest BCUT2D eigenvalue weighted by Crippen LogP contribution is -2.14. The van der Waals surface area contributed by atoms with Crippen molar-refractivity contribution in [2.75, 3.05) is 0 Å². The molecule has 1 aliphatic rings. The minimum absolute atomic E-state index is 0. The van der Waals surface area contributed by atoms with Gasteiger partial charge in [-0.15, -0.1) is 0 Å². The lowest BCUT2D eigenvalue weighted by molar-refractivity contribution is 0.629. The molecule has 0 aliphatic heterocycles. The van der Waals surface area contributed by atoms with Gasteiger partial charge in [0, 0.05) is 7.47 Å². The number of hydrogen-bond donors (Lipinski definition) is 1. The van der Waals surface area contributed by atoms with E-state index < -0.39 is 0 Å². The zero-order valence-electron chi connectivity index (χ0n) is 7.46. The van der Waals surface area contributed by atoms with Crippen LogP contribution in [0.25, 0.3) is 11.0 Å². The van der Waals surface area contributed by atoms with Gasteiger partial charge >= 0.3 is 5.69 Å². The maximum Gasteiger partial charge on any atom is 0.326 e. The van der Waals surface area contributed by atoms with Gasteiger partial charge < -0.3 is 4.98 Å². The van der Waals surface area contributed by atoms with Crippen LogP contribution in [0.2, 0.25) is 0 Å². The van der Waals surface area contributed by atoms with Gasteiger partial charge in [-0.2, -0.15) is 0 Å². The van der Waals surface area contributed by atoms with Gasteiger partial charge in [-0.05, 0) is 31.0 Å². The van der Waals surface area contributed by atoms with E-state index in [0.29, 0.717) is 11.6 Å². The van der Waals surface area contributed by atoms with Crippen molar-refractivity contribution in [3.8, 4) is 0 Å². The van der Waals surface area contributed by atoms with Gasteiger partial charge in [-0.3, -0.25) is 4.57 Å². The molecule has 0 unspecified atom stereocenters. The summed E-state index contributed by atoms with van der Waals surface area (Å²) < 4.78 is 14.6. The first-order valence-corrected chi connectivity index (χ1v) is 4.65. The van der Waals surface area contributed by atoms with Gasteiger partial charge in [0.1, 0.15) is 5.82 Å². The second-order valence-electron chi connectivity index (χ2n) is 3.69. The van der Waals surface area contributed by atoms with Crippen LogP contribution in [0.5, 0.6) is 0 Å². The Labute approximate surface area is 80.7 Å². The van der Waals surface area contributed by atoms with Gasteiger partial charge in [0.05, 0.1) is 11.0 Å². The first-order valence-electron chi connectivity index (χ1n) is 4.65. The van der Waals surface area contributed by atoms with Gasteiger partial charge in [-0.25, -0.2) is 9.18 Å². The number of fused-ring (bicyclic) bond motifs is 1. The summed E-state index contributed by atoms with van der Waals surface area (Å²) in [4.78, 5) is 14.2. The lowest BCUT2D eigenvalue weighted by Gasteiger charge is -1.98. The molecular weight excluding hydrogens is 183 g/mol. The molecule has 0 saturated heterocycles. The van der Waals surface area contributed by atoms with E-state index >= 15 is 0 Å². The Balaban J connectivity index is 0.000000853. The third kappa shape index (κ3) is 0.999. The highest BCUT2D eigenvalue weighted by Gasteiger charge is 2.27. The maximum absolute atomic E-state index is 12.9. The van der Waals surface area contributed by atoms with E-state index in [4.69, 9.17) is 0 Å². The molecule has 1 aliphatic carbocycles. The quantitative estimate of drug-likeness (QED) is 0.741. The molecule has 3 nitrogen and oxygen atoms in total. The van der Waals surface area contributed by atoms with Gasteiger partial charge in [-0.1, -0.05) is 0 Å². The van der Waals surface area contributed by atoms with Crippen LogP contribution in [-0.2, 0) is 0 Å². The van der Waals surface area contributed by atoms with Crippen LogP contribution in [0.15, 0.2) is 23.0 Å². The molecule has 4 heteroatoms. The molecule has 1 aromatic carbocycles. The molecular formula is C10H11FN2O. The predicted octanol–water partition coefficient (Wildman–Crippen LogP) is 2.05. The van der Waals surface area contributed by atoms with E-state index in [-0.39, 0.29) is 12.9 Å². The summed E-state index contributed by atoms with van der Waals surface area (Å²) in [6.45, 7) is 0. The molecule has 2 aromatic rings. The van der Waals surface area contributed by atoms with Crippen LogP contribution in [0.3, 0.4) is 0 Å². The number of nitrogens with one attached hydrogen (secondary N) is 1. The van der Waals surface area contributed by atoms with Crippen molar-refractivity contribution in [3.63, 3.8) is 0 Å². The summed E-state index contributed by atoms with van der Waals surface area (Å²) >= 11 is 0. The first-order chi connectivity index (χ1) is 6.75. The summed E-state index contributed by atoms with van der Waals surface area (Å²) in [5.41, 5.74) is 1.26. The first kappa shape index (κ1) is 7.79. The minimum atomic E-state index is -0.318. The van der Waals surface area contributed by atoms with Crippen molar-refractivity contribution in [2.24, 2.45) is 0 Å². The number of aromatic nitrogens is 2. The third-order valence-electron chi connectivity index (χ3n) is 2.59. The largest absolute Gasteiger partial charge is 0.326 e. The van der Waals surface area contributed by atoms with Crippen LogP contribution >= 0.6 is 0 Å². The smallest absolute Gasteiger partial charge is 0.305 e. The molecule has 1 fully saturated rings. The van der Waals surface area contributed by atoms with Gasteiger partial charge in [0.25, 0.3) is 0 Å². The van der Waals surface area contributed by atoms with E-state index in [1.54, 1.807) is 10.6 Å². The molecule has 1 N–H and O–H groups in total. The van der Waals surface area contributed by atoms with E-state index in [2.05, 4.69) is 4.98 Å². The topological polar surface area (TPSA) is 37.8 Å². The van der Waals surface area contributed by atoms with Crippen LogP contribution in [0.1, 0.15) is 20.3 Å². The Morgan fingerprint density at radius 1 is 1.50 bits per heavy atom. The number of nitrogens with zero attached hydrogens (tertiary/aromatic N) is 1. The highest BCUT2D eigenvalue weighted by Crippen LogP contribution is 2.35. The summed E-state index contributed by atoms with van der Waals surface area (Å²) in [6.07, 6.45) is 2.09. The van der Waals surface area contributed by atoms with Crippen LogP contribution in [0, 0.1) is 5.82 Å². The van der Waals surface area contributed by atoms with Crippen molar-refractivity contribution in [1.82, 2.24) is 9.55 Å². The molecule has 0 bridgehead atoms. The average Bonchev–Trinajstić information content (AvgIpc) is 2.89.